The van der Waals surface area contributed by atoms with Gasteiger partial charge >= 0.3 is 17.9 Å². The van der Waals surface area contributed by atoms with Crippen LogP contribution in [0.5, 0.6) is 0 Å². The SMILES string of the molecule is CC/C=C/CCCCCCCCCCCCCCCC[N+](C(C)C(=O)O)(C(C)C(=O)O)C(C)C(=O)O. The predicted octanol–water partition coefficient (Wildman–Crippen LogP) is 7.04. The first-order chi connectivity index (χ1) is 17.1. The summed E-state index contributed by atoms with van der Waals surface area (Å²) in [7, 11) is 0. The zero-order chi connectivity index (χ0) is 27.4. The molecule has 7 heteroatoms. The third-order valence-electron chi connectivity index (χ3n) is 7.80. The van der Waals surface area contributed by atoms with Gasteiger partial charge in [0.05, 0.1) is 6.54 Å². The van der Waals surface area contributed by atoms with Crippen molar-refractivity contribution in [3.63, 3.8) is 0 Å². The van der Waals surface area contributed by atoms with Crippen LogP contribution < -0.4 is 0 Å². The number of nitrogens with zero attached hydrogens (tertiary/aromatic N) is 1. The van der Waals surface area contributed by atoms with Crippen LogP contribution >= 0.6 is 0 Å². The van der Waals surface area contributed by atoms with Crippen LogP contribution in [0, 0.1) is 0 Å². The Balaban J connectivity index is 4.17. The molecule has 0 saturated heterocycles. The van der Waals surface area contributed by atoms with E-state index >= 15 is 0 Å². The van der Waals surface area contributed by atoms with Gasteiger partial charge in [-0.25, -0.2) is 14.4 Å². The molecule has 0 aliphatic rings. The summed E-state index contributed by atoms with van der Waals surface area (Å²) in [4.78, 5) is 35.4. The Morgan fingerprint density at radius 1 is 0.556 bits per heavy atom. The summed E-state index contributed by atoms with van der Waals surface area (Å²) in [5.74, 6) is -3.51. The van der Waals surface area contributed by atoms with E-state index in [1.807, 2.05) is 0 Å². The highest BCUT2D eigenvalue weighted by Crippen LogP contribution is 2.27. The summed E-state index contributed by atoms with van der Waals surface area (Å²) in [6, 6.07) is -3.36. The van der Waals surface area contributed by atoms with E-state index in [0.717, 1.165) is 25.7 Å². The summed E-state index contributed by atoms with van der Waals surface area (Å²) >= 11 is 0. The maximum Gasteiger partial charge on any atom is 0.362 e. The maximum absolute atomic E-state index is 11.8. The van der Waals surface area contributed by atoms with Crippen LogP contribution in [0.25, 0.3) is 0 Å². The van der Waals surface area contributed by atoms with Crippen LogP contribution in [0.3, 0.4) is 0 Å². The van der Waals surface area contributed by atoms with Gasteiger partial charge in [0.25, 0.3) is 0 Å². The number of carboxylic acid groups (broad SMARTS) is 3. The minimum absolute atomic E-state index is 0.226. The van der Waals surface area contributed by atoms with Gasteiger partial charge in [-0.05, 0) is 52.9 Å². The van der Waals surface area contributed by atoms with Crippen molar-refractivity contribution in [2.75, 3.05) is 6.54 Å². The second kappa shape index (κ2) is 20.2. The van der Waals surface area contributed by atoms with E-state index < -0.39 is 40.5 Å². The van der Waals surface area contributed by atoms with Gasteiger partial charge in [0.1, 0.15) is 0 Å². The second-order valence-corrected chi connectivity index (χ2v) is 10.4. The molecule has 0 spiro atoms. The molecule has 0 bridgehead atoms. The highest BCUT2D eigenvalue weighted by atomic mass is 16.4. The summed E-state index contributed by atoms with van der Waals surface area (Å²) in [5, 5.41) is 28.9. The summed E-state index contributed by atoms with van der Waals surface area (Å²) in [6.07, 6.45) is 23.4. The molecule has 3 N–H and O–H groups in total. The number of rotatable bonds is 24. The van der Waals surface area contributed by atoms with Crippen LogP contribution in [0.1, 0.15) is 130 Å². The molecule has 210 valence electrons. The molecule has 0 aromatic rings. The number of aliphatic carboxylic acids is 3. The topological polar surface area (TPSA) is 112 Å². The zero-order valence-electron chi connectivity index (χ0n) is 23.4. The van der Waals surface area contributed by atoms with Crippen molar-refractivity contribution in [1.29, 1.82) is 0 Å². The van der Waals surface area contributed by atoms with Crippen molar-refractivity contribution in [1.82, 2.24) is 0 Å². The van der Waals surface area contributed by atoms with E-state index in [-0.39, 0.29) is 6.54 Å². The molecule has 0 heterocycles. The molecule has 0 amide bonds. The molecule has 0 radical (unpaired) electrons. The molecule has 0 rings (SSSR count). The quantitative estimate of drug-likeness (QED) is 0.0726. The summed E-state index contributed by atoms with van der Waals surface area (Å²) in [6.45, 7) is 6.67. The molecule has 0 aliphatic heterocycles. The van der Waals surface area contributed by atoms with E-state index in [1.165, 1.54) is 91.4 Å². The molecule has 0 aromatic heterocycles. The van der Waals surface area contributed by atoms with Gasteiger partial charge in [-0.2, -0.15) is 0 Å². The molecule has 0 aromatic carbocycles. The van der Waals surface area contributed by atoms with E-state index in [0.29, 0.717) is 6.42 Å². The number of allylic oxidation sites excluding steroid dienone is 2. The van der Waals surface area contributed by atoms with Crippen molar-refractivity contribution in [3.8, 4) is 0 Å². The van der Waals surface area contributed by atoms with Crippen molar-refractivity contribution in [2.45, 2.75) is 149 Å². The standard InChI is InChI=1S/C29H53NO6/c1-5-6-7-8-9-10-11-12-13-14-15-16-17-18-19-20-21-22-23-30(24(2)27(31)32,25(3)28(33)34)26(4)29(35)36/h6-7,24-26H,5,8-23H2,1-4H3,(H2-,31,32,33,34,35,36)/p+1/b7-6+. The van der Waals surface area contributed by atoms with E-state index in [2.05, 4.69) is 19.1 Å². The van der Waals surface area contributed by atoms with Crippen LogP contribution in [-0.4, -0.2) is 62.4 Å². The summed E-state index contributed by atoms with van der Waals surface area (Å²) < 4.78 is -0.476. The van der Waals surface area contributed by atoms with Crippen LogP contribution in [0.15, 0.2) is 12.2 Å². The number of quaternary nitrogens is 1. The maximum atomic E-state index is 11.8. The highest BCUT2D eigenvalue weighted by Gasteiger charge is 2.52. The van der Waals surface area contributed by atoms with Gasteiger partial charge in [-0.3, -0.25) is 4.48 Å². The number of carbonyl (C=O) groups is 3. The normalized spacial score (nSPS) is 15.9. The van der Waals surface area contributed by atoms with E-state index in [9.17, 15) is 29.7 Å². The fourth-order valence-electron chi connectivity index (χ4n) is 5.26. The van der Waals surface area contributed by atoms with Gasteiger partial charge in [0.15, 0.2) is 18.1 Å². The number of hydrogen-bond acceptors (Lipinski definition) is 3. The monoisotopic (exact) mass is 512 g/mol. The Bertz CT molecular complexity index is 597. The van der Waals surface area contributed by atoms with Crippen molar-refractivity contribution in [3.05, 3.63) is 12.2 Å². The van der Waals surface area contributed by atoms with Gasteiger partial charge in [0.2, 0.25) is 0 Å². The lowest BCUT2D eigenvalue weighted by atomic mass is 9.99. The highest BCUT2D eigenvalue weighted by molar-refractivity contribution is 5.77. The first-order valence-electron chi connectivity index (χ1n) is 14.3. The molecule has 0 saturated carbocycles. The lowest BCUT2D eigenvalue weighted by Crippen LogP contribution is -2.70. The third-order valence-corrected chi connectivity index (χ3v) is 7.80. The Morgan fingerprint density at radius 3 is 1.17 bits per heavy atom. The molecule has 3 unspecified atom stereocenters. The summed E-state index contributed by atoms with van der Waals surface area (Å²) in [5.41, 5.74) is 0. The third kappa shape index (κ3) is 12.9. The molecule has 0 aliphatic carbocycles. The van der Waals surface area contributed by atoms with Crippen molar-refractivity contribution in [2.24, 2.45) is 0 Å². The van der Waals surface area contributed by atoms with Crippen molar-refractivity contribution >= 4 is 17.9 Å². The molecular formula is C29H54NO6+. The zero-order valence-corrected chi connectivity index (χ0v) is 23.4. The molecule has 0 fully saturated rings. The van der Waals surface area contributed by atoms with Gasteiger partial charge in [0, 0.05) is 0 Å². The Morgan fingerprint density at radius 2 is 0.861 bits per heavy atom. The number of unbranched alkanes of at least 4 members (excludes halogenated alkanes) is 14. The Hall–Kier alpha value is -1.89. The van der Waals surface area contributed by atoms with Gasteiger partial charge in [-0.1, -0.05) is 89.7 Å². The van der Waals surface area contributed by atoms with Gasteiger partial charge in [-0.15, -0.1) is 0 Å². The van der Waals surface area contributed by atoms with E-state index in [4.69, 9.17) is 0 Å². The Labute approximate surface area is 219 Å². The largest absolute Gasteiger partial charge is 0.477 e. The first-order valence-corrected chi connectivity index (χ1v) is 14.3. The van der Waals surface area contributed by atoms with Crippen LogP contribution in [0.2, 0.25) is 0 Å². The Kier molecular flexibility index (Phi) is 19.1. The number of hydrogen-bond donors (Lipinski definition) is 3. The predicted molar refractivity (Wildman–Crippen MR) is 145 cm³/mol. The molecule has 3 atom stereocenters. The molecule has 7 nitrogen and oxygen atoms in total. The lowest BCUT2D eigenvalue weighted by Gasteiger charge is -2.47. The minimum atomic E-state index is -1.17. The minimum Gasteiger partial charge on any atom is -0.477 e. The first kappa shape index (κ1) is 34.1. The van der Waals surface area contributed by atoms with Crippen molar-refractivity contribution < 1.29 is 34.2 Å². The average molecular weight is 513 g/mol. The van der Waals surface area contributed by atoms with Crippen LogP contribution in [-0.2, 0) is 14.4 Å². The van der Waals surface area contributed by atoms with E-state index in [1.54, 1.807) is 0 Å². The lowest BCUT2D eigenvalue weighted by molar-refractivity contribution is -0.968. The fourth-order valence-corrected chi connectivity index (χ4v) is 5.26. The second-order valence-electron chi connectivity index (χ2n) is 10.4. The van der Waals surface area contributed by atoms with Gasteiger partial charge < -0.3 is 15.3 Å². The number of carboxylic acids is 3. The molecule has 36 heavy (non-hydrogen) atoms. The fraction of sp³-hybridized carbons (Fsp3) is 0.828. The smallest absolute Gasteiger partial charge is 0.362 e. The average Bonchev–Trinajstić information content (AvgIpc) is 2.84. The van der Waals surface area contributed by atoms with Crippen LogP contribution in [0.4, 0.5) is 0 Å². The molecular weight excluding hydrogens is 458 g/mol.